The summed E-state index contributed by atoms with van der Waals surface area (Å²) < 4.78 is 7.70. The van der Waals surface area contributed by atoms with E-state index >= 15 is 0 Å². The minimum atomic E-state index is -0.380. The highest BCUT2D eigenvalue weighted by atomic mass is 16.5. The van der Waals surface area contributed by atoms with Gasteiger partial charge in [0.2, 0.25) is 0 Å². The minimum absolute atomic E-state index is 0.0970. The van der Waals surface area contributed by atoms with Crippen LogP contribution in [0.4, 0.5) is 0 Å². The van der Waals surface area contributed by atoms with Crippen LogP contribution >= 0.6 is 0 Å². The minimum Gasteiger partial charge on any atom is -0.480 e. The van der Waals surface area contributed by atoms with E-state index in [9.17, 15) is 9.90 Å². The van der Waals surface area contributed by atoms with Crippen molar-refractivity contribution in [3.05, 3.63) is 41.5 Å². The maximum Gasteiger partial charge on any atom is 0.263 e. The number of carbonyl (C=O) groups excluding carboxylic acids is 1. The van der Waals surface area contributed by atoms with E-state index in [1.54, 1.807) is 0 Å². The van der Waals surface area contributed by atoms with E-state index in [4.69, 9.17) is 4.74 Å². The Morgan fingerprint density at radius 2 is 1.96 bits per heavy atom. The number of rotatable bonds is 4. The number of amides is 1. The predicted octanol–water partition coefficient (Wildman–Crippen LogP) is 1.09. The number of aliphatic hydroxyl groups is 1. The number of para-hydroxylation sites is 1. The molecule has 0 aliphatic carbocycles. The van der Waals surface area contributed by atoms with Gasteiger partial charge < -0.3 is 19.3 Å². The molecule has 1 aromatic carbocycles. The van der Waals surface area contributed by atoms with Gasteiger partial charge in [0.05, 0.1) is 0 Å². The zero-order chi connectivity index (χ0) is 18.1. The number of hydrogen-bond donors (Lipinski definition) is 1. The molecule has 7 nitrogen and oxygen atoms in total. The molecule has 1 N–H and O–H groups in total. The van der Waals surface area contributed by atoms with Crippen molar-refractivity contribution in [3.63, 3.8) is 0 Å². The number of benzene rings is 1. The molecule has 1 aromatic heterocycles. The Morgan fingerprint density at radius 1 is 1.23 bits per heavy atom. The Morgan fingerprint density at radius 3 is 2.65 bits per heavy atom. The van der Waals surface area contributed by atoms with Gasteiger partial charge in [-0.3, -0.25) is 4.79 Å². The lowest BCUT2D eigenvalue weighted by Crippen LogP contribution is -2.45. The smallest absolute Gasteiger partial charge is 0.263 e. The van der Waals surface area contributed by atoms with Crippen molar-refractivity contribution in [2.75, 3.05) is 13.1 Å². The lowest BCUT2D eigenvalue weighted by atomic mass is 9.93. The first-order chi connectivity index (χ1) is 12.7. The van der Waals surface area contributed by atoms with Gasteiger partial charge in [0.1, 0.15) is 18.2 Å². The number of aromatic nitrogens is 3. The van der Waals surface area contributed by atoms with Crippen molar-refractivity contribution in [3.8, 4) is 5.75 Å². The van der Waals surface area contributed by atoms with Gasteiger partial charge in [-0.05, 0) is 30.4 Å². The van der Waals surface area contributed by atoms with Crippen molar-refractivity contribution in [1.29, 1.82) is 0 Å². The van der Waals surface area contributed by atoms with Crippen LogP contribution in [-0.4, -0.2) is 49.9 Å². The number of ether oxygens (including phenoxy) is 1. The monoisotopic (exact) mass is 356 g/mol. The Hall–Kier alpha value is -2.41. The van der Waals surface area contributed by atoms with E-state index in [0.717, 1.165) is 49.5 Å². The highest BCUT2D eigenvalue weighted by molar-refractivity contribution is 5.82. The zero-order valence-corrected chi connectivity index (χ0v) is 15.0. The predicted molar refractivity (Wildman–Crippen MR) is 94.5 cm³/mol. The molecule has 0 radical (unpaired) electrons. The third-order valence-corrected chi connectivity index (χ3v) is 5.52. The van der Waals surface area contributed by atoms with Crippen LogP contribution in [0.2, 0.25) is 0 Å². The van der Waals surface area contributed by atoms with Crippen molar-refractivity contribution >= 4 is 5.91 Å². The number of hydrogen-bond acceptors (Lipinski definition) is 5. The summed E-state index contributed by atoms with van der Waals surface area (Å²) in [6.07, 6.45) is 3.02. The van der Waals surface area contributed by atoms with E-state index in [-0.39, 0.29) is 18.6 Å². The van der Waals surface area contributed by atoms with Gasteiger partial charge in [0, 0.05) is 33.0 Å². The summed E-state index contributed by atoms with van der Waals surface area (Å²) in [5.74, 6) is 2.90. The Balaban J connectivity index is 1.31. The molecule has 1 fully saturated rings. The van der Waals surface area contributed by atoms with Crippen molar-refractivity contribution in [1.82, 2.24) is 19.7 Å². The van der Waals surface area contributed by atoms with Crippen LogP contribution in [0.3, 0.4) is 0 Å². The lowest BCUT2D eigenvalue weighted by molar-refractivity contribution is -0.139. The Kier molecular flexibility index (Phi) is 4.63. The second-order valence-electron chi connectivity index (χ2n) is 7.14. The molecule has 0 spiro atoms. The maximum atomic E-state index is 12.8. The van der Waals surface area contributed by atoms with Crippen molar-refractivity contribution in [2.45, 2.75) is 38.4 Å². The molecule has 26 heavy (non-hydrogen) atoms. The van der Waals surface area contributed by atoms with Crippen LogP contribution in [0.15, 0.2) is 24.3 Å². The van der Waals surface area contributed by atoms with Gasteiger partial charge in [0.25, 0.3) is 5.91 Å². The third kappa shape index (κ3) is 3.19. The van der Waals surface area contributed by atoms with E-state index in [1.807, 2.05) is 40.8 Å². The summed E-state index contributed by atoms with van der Waals surface area (Å²) in [5, 5.41) is 17.4. The van der Waals surface area contributed by atoms with Crippen molar-refractivity contribution < 1.29 is 14.6 Å². The highest BCUT2D eigenvalue weighted by Gasteiger charge is 2.34. The molecule has 0 saturated carbocycles. The van der Waals surface area contributed by atoms with Gasteiger partial charge in [-0.1, -0.05) is 18.2 Å². The molecule has 2 aliphatic rings. The number of fused-ring (bicyclic) bond motifs is 1. The first-order valence-electron chi connectivity index (χ1n) is 9.17. The van der Waals surface area contributed by atoms with Gasteiger partial charge in [0.15, 0.2) is 11.9 Å². The van der Waals surface area contributed by atoms with Gasteiger partial charge in [-0.25, -0.2) is 0 Å². The molecule has 7 heteroatoms. The second-order valence-corrected chi connectivity index (χ2v) is 7.14. The first kappa shape index (κ1) is 17.0. The van der Waals surface area contributed by atoms with Crippen molar-refractivity contribution in [2.24, 2.45) is 13.0 Å². The molecule has 2 aromatic rings. The summed E-state index contributed by atoms with van der Waals surface area (Å²) in [7, 11) is 1.88. The number of carbonyl (C=O) groups is 1. The van der Waals surface area contributed by atoms with Crippen LogP contribution in [-0.2, 0) is 31.3 Å². The molecular formula is C19H24N4O3. The standard InChI is InChI=1S/C19H24N4O3/c1-22-17(20-21-18(22)12-24)10-13-6-8-23(9-7-13)19(25)16-11-14-4-2-3-5-15(14)26-16/h2-5,13,16,24H,6-12H2,1H3. The van der Waals surface area contributed by atoms with Crippen LogP contribution in [0, 0.1) is 5.92 Å². The Bertz CT molecular complexity index is 771. The summed E-state index contributed by atoms with van der Waals surface area (Å²) in [6, 6.07) is 7.87. The lowest BCUT2D eigenvalue weighted by Gasteiger charge is -2.33. The summed E-state index contributed by atoms with van der Waals surface area (Å²) in [5.41, 5.74) is 1.11. The molecule has 0 bridgehead atoms. The number of likely N-dealkylation sites (tertiary alicyclic amines) is 1. The number of nitrogens with zero attached hydrogens (tertiary/aromatic N) is 4. The average molecular weight is 356 g/mol. The molecule has 1 unspecified atom stereocenters. The normalized spacial score (nSPS) is 20.1. The second kappa shape index (κ2) is 7.07. The number of piperidine rings is 1. The van der Waals surface area contributed by atoms with E-state index in [2.05, 4.69) is 10.2 Å². The van der Waals surface area contributed by atoms with Crippen LogP contribution in [0.5, 0.6) is 5.75 Å². The zero-order valence-electron chi connectivity index (χ0n) is 15.0. The maximum absolute atomic E-state index is 12.8. The highest BCUT2D eigenvalue weighted by Crippen LogP contribution is 2.30. The fourth-order valence-corrected chi connectivity index (χ4v) is 3.85. The largest absolute Gasteiger partial charge is 0.480 e. The summed E-state index contributed by atoms with van der Waals surface area (Å²) >= 11 is 0. The van der Waals surface area contributed by atoms with E-state index in [0.29, 0.717) is 18.2 Å². The molecule has 2 aliphatic heterocycles. The van der Waals surface area contributed by atoms with Gasteiger partial charge >= 0.3 is 0 Å². The van der Waals surface area contributed by atoms with E-state index < -0.39 is 0 Å². The fraction of sp³-hybridized carbons (Fsp3) is 0.526. The molecule has 3 heterocycles. The third-order valence-electron chi connectivity index (χ3n) is 5.52. The summed E-state index contributed by atoms with van der Waals surface area (Å²) in [4.78, 5) is 14.7. The molecule has 4 rings (SSSR count). The molecule has 1 saturated heterocycles. The molecule has 138 valence electrons. The van der Waals surface area contributed by atoms with Crippen LogP contribution in [0.1, 0.15) is 30.1 Å². The topological polar surface area (TPSA) is 80.5 Å². The quantitative estimate of drug-likeness (QED) is 0.887. The number of aliphatic hydroxyl groups excluding tert-OH is 1. The van der Waals surface area contributed by atoms with Gasteiger partial charge in [-0.15, -0.1) is 10.2 Å². The fourth-order valence-electron chi connectivity index (χ4n) is 3.85. The Labute approximate surface area is 152 Å². The van der Waals surface area contributed by atoms with Crippen LogP contribution < -0.4 is 4.74 Å². The van der Waals surface area contributed by atoms with E-state index in [1.165, 1.54) is 0 Å². The average Bonchev–Trinajstić information content (AvgIpc) is 3.25. The molecule has 1 amide bonds. The SMILES string of the molecule is Cn1c(CO)nnc1CC1CCN(C(=O)C2Cc3ccccc3O2)CC1. The first-order valence-corrected chi connectivity index (χ1v) is 9.17. The van der Waals surface area contributed by atoms with Crippen LogP contribution in [0.25, 0.3) is 0 Å². The van der Waals surface area contributed by atoms with Gasteiger partial charge in [-0.2, -0.15) is 0 Å². The molecule has 1 atom stereocenters. The molecular weight excluding hydrogens is 332 g/mol. The summed E-state index contributed by atoms with van der Waals surface area (Å²) in [6.45, 7) is 1.41.